The van der Waals surface area contributed by atoms with Gasteiger partial charge in [0.2, 0.25) is 0 Å². The second-order valence-corrected chi connectivity index (χ2v) is 4.18. The summed E-state index contributed by atoms with van der Waals surface area (Å²) in [6.07, 6.45) is 0. The van der Waals surface area contributed by atoms with Gasteiger partial charge in [0, 0.05) is 18.1 Å². The largest absolute Gasteiger partial charge is 0.372 e. The van der Waals surface area contributed by atoms with Crippen LogP contribution in [-0.2, 0) is 17.9 Å². The smallest absolute Gasteiger partial charge is 0.135 e. The zero-order valence-electron chi connectivity index (χ0n) is 9.82. The minimum atomic E-state index is 0.483. The van der Waals surface area contributed by atoms with Crippen molar-refractivity contribution in [2.24, 2.45) is 5.73 Å². The molecule has 0 aliphatic rings. The molecule has 5 heteroatoms. The molecule has 0 unspecified atom stereocenters. The third-order valence-electron chi connectivity index (χ3n) is 2.60. The Morgan fingerprint density at radius 3 is 3.00 bits per heavy atom. The first kappa shape index (κ1) is 12.4. The molecule has 4 nitrogen and oxygen atoms in total. The summed E-state index contributed by atoms with van der Waals surface area (Å²) in [5, 5.41) is 0.724. The van der Waals surface area contributed by atoms with Crippen LogP contribution < -0.4 is 5.73 Å². The SMILES string of the molecule is CCn1c(COCCN)nc2ccc(Cl)cc21. The van der Waals surface area contributed by atoms with Crippen LogP contribution >= 0.6 is 11.6 Å². The van der Waals surface area contributed by atoms with Gasteiger partial charge in [-0.25, -0.2) is 4.98 Å². The fraction of sp³-hybridized carbons (Fsp3) is 0.417. The fourth-order valence-corrected chi connectivity index (χ4v) is 2.02. The number of nitrogens with zero attached hydrogens (tertiary/aromatic N) is 2. The first-order valence-electron chi connectivity index (χ1n) is 5.68. The first-order valence-corrected chi connectivity index (χ1v) is 6.06. The van der Waals surface area contributed by atoms with Gasteiger partial charge in [-0.15, -0.1) is 0 Å². The summed E-state index contributed by atoms with van der Waals surface area (Å²) in [5.41, 5.74) is 7.38. The first-order chi connectivity index (χ1) is 8.26. The highest BCUT2D eigenvalue weighted by Gasteiger charge is 2.09. The van der Waals surface area contributed by atoms with Crippen LogP contribution in [0.3, 0.4) is 0 Å². The van der Waals surface area contributed by atoms with E-state index in [1.807, 2.05) is 18.2 Å². The van der Waals surface area contributed by atoms with Crippen molar-refractivity contribution >= 4 is 22.6 Å². The number of aryl methyl sites for hydroxylation is 1. The van der Waals surface area contributed by atoms with Crippen molar-refractivity contribution < 1.29 is 4.74 Å². The zero-order valence-corrected chi connectivity index (χ0v) is 10.6. The summed E-state index contributed by atoms with van der Waals surface area (Å²) in [4.78, 5) is 4.53. The van der Waals surface area contributed by atoms with E-state index >= 15 is 0 Å². The molecular weight excluding hydrogens is 238 g/mol. The lowest BCUT2D eigenvalue weighted by molar-refractivity contribution is 0.120. The third kappa shape index (κ3) is 2.60. The van der Waals surface area contributed by atoms with Crippen LogP contribution in [-0.4, -0.2) is 22.7 Å². The van der Waals surface area contributed by atoms with E-state index in [9.17, 15) is 0 Å². The van der Waals surface area contributed by atoms with E-state index < -0.39 is 0 Å². The predicted molar refractivity (Wildman–Crippen MR) is 69.1 cm³/mol. The number of rotatable bonds is 5. The number of ether oxygens (including phenoxy) is 1. The van der Waals surface area contributed by atoms with Gasteiger partial charge in [-0.05, 0) is 25.1 Å². The second-order valence-electron chi connectivity index (χ2n) is 3.75. The molecule has 0 aliphatic heterocycles. The average Bonchev–Trinajstić information content (AvgIpc) is 2.66. The van der Waals surface area contributed by atoms with Crippen molar-refractivity contribution in [2.75, 3.05) is 13.2 Å². The number of hydrogen-bond acceptors (Lipinski definition) is 3. The minimum Gasteiger partial charge on any atom is -0.372 e. The quantitative estimate of drug-likeness (QED) is 0.831. The Morgan fingerprint density at radius 1 is 1.47 bits per heavy atom. The number of halogens is 1. The maximum absolute atomic E-state index is 5.99. The van der Waals surface area contributed by atoms with E-state index in [1.54, 1.807) is 0 Å². The Labute approximate surface area is 105 Å². The van der Waals surface area contributed by atoms with E-state index in [1.165, 1.54) is 0 Å². The van der Waals surface area contributed by atoms with Crippen LogP contribution in [0.5, 0.6) is 0 Å². The standard InChI is InChI=1S/C12H16ClN3O/c1-2-16-11-7-9(13)3-4-10(11)15-12(16)8-17-6-5-14/h3-4,7H,2,5-6,8,14H2,1H3. The molecule has 0 atom stereocenters. The van der Waals surface area contributed by atoms with E-state index in [0.717, 1.165) is 28.4 Å². The van der Waals surface area contributed by atoms with Crippen LogP contribution in [0, 0.1) is 0 Å². The van der Waals surface area contributed by atoms with Crippen molar-refractivity contribution in [1.82, 2.24) is 9.55 Å². The van der Waals surface area contributed by atoms with Gasteiger partial charge in [0.15, 0.2) is 0 Å². The lowest BCUT2D eigenvalue weighted by Gasteiger charge is -2.06. The maximum Gasteiger partial charge on any atom is 0.135 e. The predicted octanol–water partition coefficient (Wildman–Crippen LogP) is 2.18. The molecule has 17 heavy (non-hydrogen) atoms. The second kappa shape index (κ2) is 5.49. The summed E-state index contributed by atoms with van der Waals surface area (Å²) in [6.45, 7) is 4.48. The molecule has 1 aromatic heterocycles. The molecule has 1 aromatic carbocycles. The van der Waals surface area contributed by atoms with Crippen molar-refractivity contribution in [3.8, 4) is 0 Å². The van der Waals surface area contributed by atoms with Gasteiger partial charge in [0.1, 0.15) is 12.4 Å². The topological polar surface area (TPSA) is 53.1 Å². The van der Waals surface area contributed by atoms with E-state index in [2.05, 4.69) is 16.5 Å². The fourth-order valence-electron chi connectivity index (χ4n) is 1.86. The highest BCUT2D eigenvalue weighted by atomic mass is 35.5. The zero-order chi connectivity index (χ0) is 12.3. The summed E-state index contributed by atoms with van der Waals surface area (Å²) >= 11 is 5.99. The highest BCUT2D eigenvalue weighted by Crippen LogP contribution is 2.21. The van der Waals surface area contributed by atoms with Gasteiger partial charge in [-0.1, -0.05) is 11.6 Å². The van der Waals surface area contributed by atoms with E-state index in [-0.39, 0.29) is 0 Å². The van der Waals surface area contributed by atoms with Gasteiger partial charge < -0.3 is 15.0 Å². The highest BCUT2D eigenvalue weighted by molar-refractivity contribution is 6.31. The number of benzene rings is 1. The maximum atomic E-state index is 5.99. The molecule has 0 aliphatic carbocycles. The molecule has 0 radical (unpaired) electrons. The number of hydrogen-bond donors (Lipinski definition) is 1. The van der Waals surface area contributed by atoms with Crippen LogP contribution in [0.4, 0.5) is 0 Å². The minimum absolute atomic E-state index is 0.483. The van der Waals surface area contributed by atoms with Gasteiger partial charge in [0.25, 0.3) is 0 Å². The summed E-state index contributed by atoms with van der Waals surface area (Å²) in [6, 6.07) is 5.71. The van der Waals surface area contributed by atoms with Gasteiger partial charge in [0.05, 0.1) is 17.6 Å². The molecule has 0 saturated heterocycles. The van der Waals surface area contributed by atoms with Crippen LogP contribution in [0.25, 0.3) is 11.0 Å². The molecule has 0 bridgehead atoms. The molecule has 0 amide bonds. The Bertz CT molecular complexity index is 510. The monoisotopic (exact) mass is 253 g/mol. The summed E-state index contributed by atoms with van der Waals surface area (Å²) in [5.74, 6) is 0.915. The van der Waals surface area contributed by atoms with Crippen molar-refractivity contribution in [2.45, 2.75) is 20.1 Å². The molecule has 0 saturated carbocycles. The molecule has 1 heterocycles. The van der Waals surface area contributed by atoms with E-state index in [4.69, 9.17) is 22.1 Å². The van der Waals surface area contributed by atoms with Crippen LogP contribution in [0.2, 0.25) is 5.02 Å². The van der Waals surface area contributed by atoms with Crippen molar-refractivity contribution in [3.63, 3.8) is 0 Å². The van der Waals surface area contributed by atoms with E-state index in [0.29, 0.717) is 19.8 Å². The molecule has 2 rings (SSSR count). The Balaban J connectivity index is 2.35. The lowest BCUT2D eigenvalue weighted by Crippen LogP contribution is -2.10. The lowest BCUT2D eigenvalue weighted by atomic mass is 10.3. The number of nitrogens with two attached hydrogens (primary N) is 1. The number of aromatic nitrogens is 2. The molecule has 2 N–H and O–H groups in total. The van der Waals surface area contributed by atoms with Crippen LogP contribution in [0.1, 0.15) is 12.7 Å². The van der Waals surface area contributed by atoms with Crippen LogP contribution in [0.15, 0.2) is 18.2 Å². The number of imidazole rings is 1. The molecule has 2 aromatic rings. The van der Waals surface area contributed by atoms with Crippen molar-refractivity contribution in [1.29, 1.82) is 0 Å². The van der Waals surface area contributed by atoms with Gasteiger partial charge in [-0.3, -0.25) is 0 Å². The third-order valence-corrected chi connectivity index (χ3v) is 2.83. The average molecular weight is 254 g/mol. The molecular formula is C12H16ClN3O. The van der Waals surface area contributed by atoms with Gasteiger partial charge >= 0.3 is 0 Å². The van der Waals surface area contributed by atoms with Crippen molar-refractivity contribution in [3.05, 3.63) is 29.0 Å². The Morgan fingerprint density at radius 2 is 2.29 bits per heavy atom. The molecule has 0 spiro atoms. The van der Waals surface area contributed by atoms with Gasteiger partial charge in [-0.2, -0.15) is 0 Å². The summed E-state index contributed by atoms with van der Waals surface area (Å²) in [7, 11) is 0. The Hall–Kier alpha value is -1.10. The molecule has 0 fully saturated rings. The molecule has 92 valence electrons. The summed E-state index contributed by atoms with van der Waals surface area (Å²) < 4.78 is 7.54. The Kier molecular flexibility index (Phi) is 3.99. The normalized spacial score (nSPS) is 11.2. The number of fused-ring (bicyclic) bond motifs is 1.